The minimum atomic E-state index is -4.64. The van der Waals surface area contributed by atoms with E-state index in [1.807, 2.05) is 0 Å². The number of carbonyl (C=O) groups excluding carboxylic acids is 1. The maximum Gasteiger partial charge on any atom is 0.466 e. The summed E-state index contributed by atoms with van der Waals surface area (Å²) in [4.78, 5) is 53.0. The molecule has 0 aromatic heterocycles. The van der Waals surface area contributed by atoms with Gasteiger partial charge in [0.1, 0.15) is 24.4 Å². The average Bonchev–Trinajstić information content (AvgIpc) is 2.30. The highest BCUT2D eigenvalue weighted by Gasteiger charge is 2.29. The molecule has 0 aromatic carbocycles. The standard InChI is InChI=1S/C6H12O6.2H3O4P/c7-1-3(9)5(11)6(12)4(10)2-8;2*1-5(2,3)4/h1,3-6,8-12H,2H2;2*(H3,1,2,3,4). The predicted molar refractivity (Wildman–Crippen MR) is 65.7 cm³/mol. The molecule has 0 aliphatic heterocycles. The number of phosphoric acid groups is 2. The van der Waals surface area contributed by atoms with Crippen LogP contribution in [0.1, 0.15) is 0 Å². The maximum atomic E-state index is 9.90. The highest BCUT2D eigenvalue weighted by molar-refractivity contribution is 7.45. The molecule has 11 N–H and O–H groups in total. The van der Waals surface area contributed by atoms with Crippen molar-refractivity contribution in [1.29, 1.82) is 0 Å². The molecule has 136 valence electrons. The Morgan fingerprint density at radius 2 is 1.05 bits per heavy atom. The van der Waals surface area contributed by atoms with Gasteiger partial charge in [-0.25, -0.2) is 9.13 Å². The molecule has 0 bridgehead atoms. The van der Waals surface area contributed by atoms with E-state index < -0.39 is 46.7 Å². The fourth-order valence-corrected chi connectivity index (χ4v) is 0.618. The Kier molecular flexibility index (Phi) is 14.7. The lowest BCUT2D eigenvalue weighted by molar-refractivity contribution is -0.136. The zero-order valence-electron chi connectivity index (χ0n) is 10.6. The summed E-state index contributed by atoms with van der Waals surface area (Å²) in [7, 11) is -9.28. The predicted octanol–water partition coefficient (Wildman–Crippen LogP) is -5.24. The summed E-state index contributed by atoms with van der Waals surface area (Å²) in [6.45, 7) is -0.760. The van der Waals surface area contributed by atoms with Crippen molar-refractivity contribution < 1.29 is 68.8 Å². The monoisotopic (exact) mass is 376 g/mol. The summed E-state index contributed by atoms with van der Waals surface area (Å²) >= 11 is 0. The molecule has 4 atom stereocenters. The zero-order chi connectivity index (χ0) is 18.7. The minimum absolute atomic E-state index is 0.0258. The number of hydrogen-bond acceptors (Lipinski definition) is 8. The lowest BCUT2D eigenvalue weighted by Gasteiger charge is -2.22. The van der Waals surface area contributed by atoms with Gasteiger partial charge in [0.15, 0.2) is 6.29 Å². The molecule has 4 unspecified atom stereocenters. The number of rotatable bonds is 5. The van der Waals surface area contributed by atoms with Gasteiger partial charge in [0.2, 0.25) is 0 Å². The molecule has 0 aliphatic carbocycles. The van der Waals surface area contributed by atoms with E-state index in [9.17, 15) is 4.79 Å². The van der Waals surface area contributed by atoms with Gasteiger partial charge in [0, 0.05) is 0 Å². The van der Waals surface area contributed by atoms with Crippen molar-refractivity contribution in [1.82, 2.24) is 0 Å². The molecule has 0 saturated carbocycles. The van der Waals surface area contributed by atoms with Crippen molar-refractivity contribution in [2.45, 2.75) is 24.4 Å². The highest BCUT2D eigenvalue weighted by atomic mass is 31.2. The molecule has 0 fully saturated rings. The Hall–Kier alpha value is -0.310. The number of aliphatic hydroxyl groups excluding tert-OH is 5. The Labute approximate surface area is 123 Å². The quantitative estimate of drug-likeness (QED) is 0.158. The largest absolute Gasteiger partial charge is 0.466 e. The molecular weight excluding hydrogens is 358 g/mol. The van der Waals surface area contributed by atoms with Gasteiger partial charge in [-0.3, -0.25) is 0 Å². The van der Waals surface area contributed by atoms with Crippen molar-refractivity contribution in [2.24, 2.45) is 0 Å². The van der Waals surface area contributed by atoms with Crippen molar-refractivity contribution in [2.75, 3.05) is 6.61 Å². The van der Waals surface area contributed by atoms with Gasteiger partial charge >= 0.3 is 15.6 Å². The van der Waals surface area contributed by atoms with Crippen LogP contribution >= 0.6 is 15.6 Å². The second-order valence-electron chi connectivity index (χ2n) is 3.38. The summed E-state index contributed by atoms with van der Waals surface area (Å²) in [6.07, 6.45) is -6.84. The van der Waals surface area contributed by atoms with E-state index in [-0.39, 0.29) is 6.29 Å². The first-order valence-corrected chi connectivity index (χ1v) is 8.02. The Morgan fingerprint density at radius 3 is 1.23 bits per heavy atom. The van der Waals surface area contributed by atoms with Gasteiger partial charge < -0.3 is 59.7 Å². The number of aldehydes is 1. The minimum Gasteiger partial charge on any atom is -0.394 e. The molecule has 14 nitrogen and oxygen atoms in total. The van der Waals surface area contributed by atoms with Crippen molar-refractivity contribution in [3.05, 3.63) is 0 Å². The van der Waals surface area contributed by atoms with Crippen molar-refractivity contribution in [3.8, 4) is 0 Å². The average molecular weight is 376 g/mol. The lowest BCUT2D eigenvalue weighted by atomic mass is 10.0. The van der Waals surface area contributed by atoms with E-state index in [0.717, 1.165) is 0 Å². The molecule has 0 saturated heterocycles. The zero-order valence-corrected chi connectivity index (χ0v) is 12.4. The molecule has 0 heterocycles. The molecule has 0 rings (SSSR count). The molecule has 0 aliphatic rings. The van der Waals surface area contributed by atoms with Crippen LogP contribution < -0.4 is 0 Å². The Morgan fingerprint density at radius 1 is 0.773 bits per heavy atom. The highest BCUT2D eigenvalue weighted by Crippen LogP contribution is 2.26. The SMILES string of the molecule is O=CC(O)C(O)C(O)C(O)CO.O=P(O)(O)O.O=P(O)(O)O. The van der Waals surface area contributed by atoms with Crippen LogP contribution in [0.2, 0.25) is 0 Å². The van der Waals surface area contributed by atoms with Crippen LogP contribution in [0, 0.1) is 0 Å². The van der Waals surface area contributed by atoms with Crippen LogP contribution in [0.5, 0.6) is 0 Å². The molecule has 16 heteroatoms. The molecule has 0 aromatic rings. The van der Waals surface area contributed by atoms with Gasteiger partial charge in [-0.2, -0.15) is 0 Å². The van der Waals surface area contributed by atoms with E-state index >= 15 is 0 Å². The molecule has 0 radical (unpaired) electrons. The van der Waals surface area contributed by atoms with Gasteiger partial charge in [-0.15, -0.1) is 0 Å². The lowest BCUT2D eigenvalue weighted by Crippen LogP contribution is -2.46. The van der Waals surface area contributed by atoms with E-state index in [1.165, 1.54) is 0 Å². The van der Waals surface area contributed by atoms with Crippen LogP contribution in [0.3, 0.4) is 0 Å². The van der Waals surface area contributed by atoms with E-state index in [4.69, 9.17) is 64.0 Å². The fraction of sp³-hybridized carbons (Fsp3) is 0.833. The summed E-state index contributed by atoms with van der Waals surface area (Å²) < 4.78 is 17.8. The van der Waals surface area contributed by atoms with Gasteiger partial charge in [0.25, 0.3) is 0 Å². The molecule has 0 amide bonds. The number of carbonyl (C=O) groups is 1. The third-order valence-electron chi connectivity index (χ3n) is 1.42. The summed E-state index contributed by atoms with van der Waals surface area (Å²) in [5.41, 5.74) is 0. The van der Waals surface area contributed by atoms with Gasteiger partial charge in [0.05, 0.1) is 6.61 Å². The third kappa shape index (κ3) is 27.9. The van der Waals surface area contributed by atoms with Crippen LogP contribution in [0.4, 0.5) is 0 Å². The first kappa shape index (κ1) is 26.6. The normalized spacial score (nSPS) is 16.9. The summed E-state index contributed by atoms with van der Waals surface area (Å²) in [5.74, 6) is 0. The van der Waals surface area contributed by atoms with Crippen LogP contribution in [0.25, 0.3) is 0 Å². The number of hydrogen-bond donors (Lipinski definition) is 11. The van der Waals surface area contributed by atoms with Crippen LogP contribution in [-0.2, 0) is 13.9 Å². The topological polar surface area (TPSA) is 274 Å². The van der Waals surface area contributed by atoms with Gasteiger partial charge in [-0.05, 0) is 0 Å². The molecule has 0 spiro atoms. The Bertz CT molecular complexity index is 337. The number of aliphatic hydroxyl groups is 5. The maximum absolute atomic E-state index is 9.90. The van der Waals surface area contributed by atoms with Gasteiger partial charge in [-0.1, -0.05) is 0 Å². The molecular formula is C6H18O14P2. The van der Waals surface area contributed by atoms with E-state index in [0.29, 0.717) is 0 Å². The second kappa shape index (κ2) is 12.2. The first-order chi connectivity index (χ1) is 9.54. The van der Waals surface area contributed by atoms with E-state index in [1.54, 1.807) is 0 Å². The first-order valence-electron chi connectivity index (χ1n) is 4.89. The smallest absolute Gasteiger partial charge is 0.394 e. The fourth-order valence-electron chi connectivity index (χ4n) is 0.618. The van der Waals surface area contributed by atoms with Crippen molar-refractivity contribution in [3.63, 3.8) is 0 Å². The summed E-state index contributed by atoms with van der Waals surface area (Å²) in [6, 6.07) is 0. The van der Waals surface area contributed by atoms with Crippen LogP contribution in [0.15, 0.2) is 0 Å². The summed E-state index contributed by atoms with van der Waals surface area (Å²) in [5, 5.41) is 43.5. The molecule has 22 heavy (non-hydrogen) atoms. The second-order valence-corrected chi connectivity index (χ2v) is 5.44. The van der Waals surface area contributed by atoms with Crippen molar-refractivity contribution >= 4 is 21.9 Å². The third-order valence-corrected chi connectivity index (χ3v) is 1.42. The Balaban J connectivity index is -0.000000298. The van der Waals surface area contributed by atoms with Crippen LogP contribution in [-0.4, -0.2) is 92.2 Å². The van der Waals surface area contributed by atoms with E-state index in [2.05, 4.69) is 0 Å².